The predicted molar refractivity (Wildman–Crippen MR) is 214 cm³/mol. The fraction of sp³-hybridized carbons (Fsp3) is 0.359. The average molecular weight is 891 g/mol. The molecule has 2 aliphatic heterocycles. The summed E-state index contributed by atoms with van der Waals surface area (Å²) in [4.78, 5) is 13.0. The van der Waals surface area contributed by atoms with Gasteiger partial charge in [0.2, 0.25) is 20.0 Å². The number of amides is 1. The van der Waals surface area contributed by atoms with Crippen LogP contribution >= 0.6 is 31.9 Å². The highest BCUT2D eigenvalue weighted by Gasteiger charge is 2.32. The van der Waals surface area contributed by atoms with Gasteiger partial charge in [-0.2, -0.15) is 8.61 Å². The van der Waals surface area contributed by atoms with E-state index >= 15 is 0 Å². The quantitative estimate of drug-likeness (QED) is 0.206. The molecule has 6 rings (SSSR count). The molecule has 0 aliphatic carbocycles. The Balaban J connectivity index is 0.000000211. The fourth-order valence-electron chi connectivity index (χ4n) is 6.26. The van der Waals surface area contributed by atoms with Gasteiger partial charge in [-0.1, -0.05) is 79.4 Å². The minimum Gasteiger partial charge on any atom is -0.444 e. The van der Waals surface area contributed by atoms with Crippen molar-refractivity contribution >= 4 is 58.0 Å². The number of alkyl carbamates (subject to hydrolysis) is 1. The Hall–Kier alpha value is -3.11. The number of carbonyl (C=O) groups is 1. The molecule has 3 N–H and O–H groups in total. The molecule has 2 aliphatic rings. The standard InChI is InChI=1S/C22H27BrN2O4S.C17H19BrN2O2S/c1-15-5-8-18(9-6-15)30(27,28)25-12-11-20(24-21(26)29-22(2,3)4)19-10-7-17(23)13-16(19)14-25;1-12-2-5-15(6-3-12)23(21,22)20-9-8-17(19)16-7-4-14(18)10-13(16)11-20/h5-10,13,20H,11-12,14H2,1-4H3,(H,24,26);2-7,10,17H,8-9,11,19H2,1H3. The zero-order chi connectivity index (χ0) is 38.7. The SMILES string of the molecule is Cc1ccc(S(=O)(=O)N2CCC(N)c3ccc(Br)cc3C2)cc1.Cc1ccc(S(=O)(=O)N2CCC(NC(=O)OC(C)(C)C)c3ccc(Br)cc3C2)cc1. The van der Waals surface area contributed by atoms with E-state index in [0.717, 1.165) is 42.3 Å². The van der Waals surface area contributed by atoms with Crippen molar-refractivity contribution in [3.05, 3.63) is 127 Å². The van der Waals surface area contributed by atoms with Gasteiger partial charge in [-0.15, -0.1) is 0 Å². The van der Waals surface area contributed by atoms with Crippen molar-refractivity contribution < 1.29 is 26.4 Å². The largest absolute Gasteiger partial charge is 0.444 e. The maximum absolute atomic E-state index is 13.3. The van der Waals surface area contributed by atoms with Crippen LogP contribution in [0.25, 0.3) is 0 Å². The van der Waals surface area contributed by atoms with Gasteiger partial charge < -0.3 is 15.8 Å². The molecule has 2 unspecified atom stereocenters. The molecule has 0 saturated carbocycles. The smallest absolute Gasteiger partial charge is 0.408 e. The minimum absolute atomic E-state index is 0.142. The molecule has 0 aromatic heterocycles. The Morgan fingerprint density at radius 1 is 0.717 bits per heavy atom. The fourth-order valence-corrected chi connectivity index (χ4v) is 9.94. The third kappa shape index (κ3) is 10.4. The number of hydrogen-bond acceptors (Lipinski definition) is 7. The first kappa shape index (κ1) is 41.1. The van der Waals surface area contributed by atoms with E-state index in [4.69, 9.17) is 10.5 Å². The third-order valence-electron chi connectivity index (χ3n) is 9.04. The Morgan fingerprint density at radius 3 is 1.62 bits per heavy atom. The van der Waals surface area contributed by atoms with Gasteiger partial charge in [0, 0.05) is 41.2 Å². The molecule has 0 radical (unpaired) electrons. The zero-order valence-corrected chi connectivity index (χ0v) is 35.3. The van der Waals surface area contributed by atoms with Gasteiger partial charge in [-0.25, -0.2) is 21.6 Å². The van der Waals surface area contributed by atoms with E-state index in [0.29, 0.717) is 30.8 Å². The Bertz CT molecular complexity index is 2160. The van der Waals surface area contributed by atoms with E-state index in [1.807, 2.05) is 62.4 Å². The molecule has 4 aromatic rings. The number of halogens is 2. The molecular weight excluding hydrogens is 844 g/mol. The van der Waals surface area contributed by atoms with E-state index in [2.05, 4.69) is 37.2 Å². The van der Waals surface area contributed by atoms with Gasteiger partial charge in [-0.05, 0) is 118 Å². The van der Waals surface area contributed by atoms with Crippen molar-refractivity contribution in [1.82, 2.24) is 13.9 Å². The van der Waals surface area contributed by atoms with Crippen molar-refractivity contribution in [2.24, 2.45) is 5.73 Å². The van der Waals surface area contributed by atoms with Gasteiger partial charge in [0.1, 0.15) is 5.60 Å². The number of benzene rings is 4. The molecule has 53 heavy (non-hydrogen) atoms. The molecule has 2 heterocycles. The van der Waals surface area contributed by atoms with Crippen LogP contribution in [0.15, 0.2) is 104 Å². The van der Waals surface area contributed by atoms with Crippen LogP contribution in [0.3, 0.4) is 0 Å². The Labute approximate surface area is 330 Å². The number of fused-ring (bicyclic) bond motifs is 2. The number of carbonyl (C=O) groups excluding carboxylic acids is 1. The molecule has 0 saturated heterocycles. The lowest BCUT2D eigenvalue weighted by molar-refractivity contribution is 0.0501. The van der Waals surface area contributed by atoms with Crippen molar-refractivity contribution in [1.29, 1.82) is 0 Å². The second-order valence-electron chi connectivity index (χ2n) is 14.4. The van der Waals surface area contributed by atoms with Crippen molar-refractivity contribution in [2.75, 3.05) is 13.1 Å². The first-order valence-electron chi connectivity index (χ1n) is 17.3. The Morgan fingerprint density at radius 2 is 1.15 bits per heavy atom. The van der Waals surface area contributed by atoms with Crippen LogP contribution < -0.4 is 11.1 Å². The first-order valence-corrected chi connectivity index (χ1v) is 21.8. The summed E-state index contributed by atoms with van der Waals surface area (Å²) >= 11 is 6.92. The normalized spacial score (nSPS) is 18.3. The molecule has 0 fully saturated rings. The monoisotopic (exact) mass is 888 g/mol. The summed E-state index contributed by atoms with van der Waals surface area (Å²) in [5.41, 5.74) is 11.4. The van der Waals surface area contributed by atoms with Gasteiger partial charge in [0.05, 0.1) is 15.8 Å². The number of aryl methyl sites for hydroxylation is 2. The summed E-state index contributed by atoms with van der Waals surface area (Å²) in [6.45, 7) is 10.6. The van der Waals surface area contributed by atoms with Gasteiger partial charge in [-0.3, -0.25) is 0 Å². The number of rotatable bonds is 5. The topological polar surface area (TPSA) is 139 Å². The van der Waals surface area contributed by atoms with Gasteiger partial charge in [0.25, 0.3) is 0 Å². The number of ether oxygens (including phenoxy) is 1. The van der Waals surface area contributed by atoms with Crippen LogP contribution in [0, 0.1) is 13.8 Å². The minimum atomic E-state index is -3.66. The van der Waals surface area contributed by atoms with E-state index < -0.39 is 31.7 Å². The van der Waals surface area contributed by atoms with Crippen LogP contribution in [-0.2, 0) is 37.9 Å². The molecule has 284 valence electrons. The van der Waals surface area contributed by atoms with E-state index in [-0.39, 0.29) is 30.1 Å². The summed E-state index contributed by atoms with van der Waals surface area (Å²) in [6, 6.07) is 24.9. The molecule has 4 aromatic carbocycles. The highest BCUT2D eigenvalue weighted by molar-refractivity contribution is 9.10. The van der Waals surface area contributed by atoms with Crippen LogP contribution in [0.5, 0.6) is 0 Å². The molecule has 10 nitrogen and oxygen atoms in total. The van der Waals surface area contributed by atoms with Crippen LogP contribution in [0.4, 0.5) is 4.79 Å². The highest BCUT2D eigenvalue weighted by Crippen LogP contribution is 2.33. The lowest BCUT2D eigenvalue weighted by atomic mass is 9.99. The predicted octanol–water partition coefficient (Wildman–Crippen LogP) is 8.27. The second-order valence-corrected chi connectivity index (χ2v) is 20.1. The molecular formula is C39H46Br2N4O6S2. The summed E-state index contributed by atoms with van der Waals surface area (Å²) in [5, 5.41) is 2.91. The maximum atomic E-state index is 13.3. The molecule has 14 heteroatoms. The number of sulfonamides is 2. The summed E-state index contributed by atoms with van der Waals surface area (Å²) in [5.74, 6) is 0. The second kappa shape index (κ2) is 16.7. The third-order valence-corrected chi connectivity index (χ3v) is 13.7. The number of nitrogens with zero attached hydrogens (tertiary/aromatic N) is 2. The summed E-state index contributed by atoms with van der Waals surface area (Å²) < 4.78 is 62.6. The average Bonchev–Trinajstić information content (AvgIpc) is 3.36. The van der Waals surface area contributed by atoms with Crippen LogP contribution in [0.2, 0.25) is 0 Å². The van der Waals surface area contributed by atoms with Gasteiger partial charge in [0.15, 0.2) is 0 Å². The van der Waals surface area contributed by atoms with Crippen molar-refractivity contribution in [3.8, 4) is 0 Å². The van der Waals surface area contributed by atoms with Crippen molar-refractivity contribution in [2.45, 2.75) is 88.0 Å². The molecule has 2 atom stereocenters. The van der Waals surface area contributed by atoms with Crippen LogP contribution in [0.1, 0.15) is 79.1 Å². The highest BCUT2D eigenvalue weighted by atomic mass is 79.9. The van der Waals surface area contributed by atoms with E-state index in [1.54, 1.807) is 57.2 Å². The number of nitrogens with one attached hydrogen (secondary N) is 1. The molecule has 1 amide bonds. The lowest BCUT2D eigenvalue weighted by Gasteiger charge is -2.24. The number of nitrogens with two attached hydrogens (primary N) is 1. The van der Waals surface area contributed by atoms with E-state index in [1.165, 1.54) is 8.61 Å². The summed E-state index contributed by atoms with van der Waals surface area (Å²) in [7, 11) is -7.18. The van der Waals surface area contributed by atoms with Crippen LogP contribution in [-0.4, -0.2) is 50.2 Å². The lowest BCUT2D eigenvalue weighted by Crippen LogP contribution is -2.36. The van der Waals surface area contributed by atoms with Gasteiger partial charge >= 0.3 is 6.09 Å². The number of hydrogen-bond donors (Lipinski definition) is 2. The molecule has 0 bridgehead atoms. The maximum Gasteiger partial charge on any atom is 0.408 e. The zero-order valence-electron chi connectivity index (χ0n) is 30.5. The molecule has 0 spiro atoms. The van der Waals surface area contributed by atoms with E-state index in [9.17, 15) is 21.6 Å². The first-order chi connectivity index (χ1) is 24.8. The summed E-state index contributed by atoms with van der Waals surface area (Å²) in [6.07, 6.45) is 0.537. The van der Waals surface area contributed by atoms with Crippen molar-refractivity contribution in [3.63, 3.8) is 0 Å². The Kier molecular flexibility index (Phi) is 13.0.